The lowest BCUT2D eigenvalue weighted by atomic mass is 9.92. The summed E-state index contributed by atoms with van der Waals surface area (Å²) in [6.45, 7) is 3.86. The number of carbonyl (C=O) groups excluding carboxylic acids is 2. The van der Waals surface area contributed by atoms with E-state index in [0.717, 1.165) is 12.7 Å². The van der Waals surface area contributed by atoms with Gasteiger partial charge in [-0.25, -0.2) is 0 Å². The second kappa shape index (κ2) is 4.21. The highest BCUT2D eigenvalue weighted by molar-refractivity contribution is 5.74. The molecule has 3 nitrogen and oxygen atoms in total. The third-order valence-corrected chi connectivity index (χ3v) is 2.23. The molecule has 0 bridgehead atoms. The Labute approximate surface area is 77.8 Å². The van der Waals surface area contributed by atoms with Crippen molar-refractivity contribution in [2.24, 2.45) is 11.8 Å². The first-order valence-electron chi connectivity index (χ1n) is 4.50. The molecule has 3 heteroatoms. The Morgan fingerprint density at radius 2 is 2.15 bits per heavy atom. The fourth-order valence-electron chi connectivity index (χ4n) is 1.47. The normalized spacial score (nSPS) is 31.5. The molecule has 0 aromatic rings. The largest absolute Gasteiger partial charge is 0.431 e. The SMILES string of the molecule is C[C@@H]1C[C@@H](C)C(=CCC=O)OC1=O. The van der Waals surface area contributed by atoms with Crippen LogP contribution in [0.15, 0.2) is 11.8 Å². The summed E-state index contributed by atoms with van der Waals surface area (Å²) >= 11 is 0. The molecule has 2 atom stereocenters. The number of hydrogen-bond donors (Lipinski definition) is 0. The summed E-state index contributed by atoms with van der Waals surface area (Å²) in [5, 5.41) is 0. The number of carbonyl (C=O) groups is 2. The lowest BCUT2D eigenvalue weighted by Crippen LogP contribution is -2.25. The third-order valence-electron chi connectivity index (χ3n) is 2.23. The van der Waals surface area contributed by atoms with Gasteiger partial charge in [0.2, 0.25) is 0 Å². The molecule has 0 aromatic carbocycles. The van der Waals surface area contributed by atoms with Gasteiger partial charge >= 0.3 is 5.97 Å². The summed E-state index contributed by atoms with van der Waals surface area (Å²) in [6.07, 6.45) is 3.61. The second-order valence-electron chi connectivity index (χ2n) is 3.47. The first-order valence-corrected chi connectivity index (χ1v) is 4.50. The molecule has 1 fully saturated rings. The molecule has 1 aliphatic rings. The molecular formula is C10H14O3. The van der Waals surface area contributed by atoms with Crippen LogP contribution in [0.2, 0.25) is 0 Å². The number of allylic oxidation sites excluding steroid dienone is 2. The lowest BCUT2D eigenvalue weighted by Gasteiger charge is -2.25. The van der Waals surface area contributed by atoms with Crippen LogP contribution < -0.4 is 0 Å². The van der Waals surface area contributed by atoms with Crippen LogP contribution in [0.3, 0.4) is 0 Å². The fourth-order valence-corrected chi connectivity index (χ4v) is 1.47. The quantitative estimate of drug-likeness (QED) is 0.482. The van der Waals surface area contributed by atoms with Crippen LogP contribution in [0, 0.1) is 11.8 Å². The molecule has 0 radical (unpaired) electrons. The topological polar surface area (TPSA) is 43.4 Å². The van der Waals surface area contributed by atoms with Crippen LogP contribution in [0.4, 0.5) is 0 Å². The minimum atomic E-state index is -0.185. The van der Waals surface area contributed by atoms with Gasteiger partial charge in [0.25, 0.3) is 0 Å². The molecule has 72 valence electrons. The molecular weight excluding hydrogens is 168 g/mol. The van der Waals surface area contributed by atoms with Gasteiger partial charge in [-0.15, -0.1) is 0 Å². The van der Waals surface area contributed by atoms with Gasteiger partial charge in [-0.3, -0.25) is 4.79 Å². The number of hydrogen-bond acceptors (Lipinski definition) is 3. The zero-order valence-corrected chi connectivity index (χ0v) is 7.95. The molecule has 0 aliphatic carbocycles. The smallest absolute Gasteiger partial charge is 0.313 e. The summed E-state index contributed by atoms with van der Waals surface area (Å²) < 4.78 is 5.08. The van der Waals surface area contributed by atoms with Crippen molar-refractivity contribution < 1.29 is 14.3 Å². The van der Waals surface area contributed by atoms with Crippen molar-refractivity contribution in [3.63, 3.8) is 0 Å². The summed E-state index contributed by atoms with van der Waals surface area (Å²) in [4.78, 5) is 21.3. The molecule has 1 aliphatic heterocycles. The molecule has 0 aromatic heterocycles. The van der Waals surface area contributed by atoms with Gasteiger partial charge in [0.05, 0.1) is 5.92 Å². The maximum absolute atomic E-state index is 11.2. The summed E-state index contributed by atoms with van der Waals surface area (Å²) in [5.74, 6) is 0.682. The Balaban J connectivity index is 2.66. The van der Waals surface area contributed by atoms with Crippen LogP contribution in [0.5, 0.6) is 0 Å². The Bertz CT molecular complexity index is 243. The highest BCUT2D eigenvalue weighted by atomic mass is 16.5. The zero-order chi connectivity index (χ0) is 9.84. The van der Waals surface area contributed by atoms with Gasteiger partial charge < -0.3 is 9.53 Å². The van der Waals surface area contributed by atoms with Gasteiger partial charge in [0.1, 0.15) is 12.0 Å². The van der Waals surface area contributed by atoms with Crippen LogP contribution >= 0.6 is 0 Å². The van der Waals surface area contributed by atoms with E-state index in [9.17, 15) is 9.59 Å². The maximum atomic E-state index is 11.2. The fraction of sp³-hybridized carbons (Fsp3) is 0.600. The standard InChI is InChI=1S/C10H14O3/c1-7-6-8(2)10(12)13-9(7)4-3-5-11/h4-5,7-8H,3,6H2,1-2H3/t7-,8-/m1/s1. The van der Waals surface area contributed by atoms with E-state index < -0.39 is 0 Å². The van der Waals surface area contributed by atoms with E-state index in [1.807, 2.05) is 13.8 Å². The molecule has 0 spiro atoms. The number of esters is 1. The van der Waals surface area contributed by atoms with Gasteiger partial charge in [-0.05, 0) is 12.5 Å². The number of aldehydes is 1. The maximum Gasteiger partial charge on any atom is 0.313 e. The average molecular weight is 182 g/mol. The van der Waals surface area contributed by atoms with E-state index in [0.29, 0.717) is 12.2 Å². The molecule has 0 unspecified atom stereocenters. The van der Waals surface area contributed by atoms with Gasteiger partial charge in [-0.2, -0.15) is 0 Å². The van der Waals surface area contributed by atoms with Gasteiger partial charge in [0.15, 0.2) is 0 Å². The Kier molecular flexibility index (Phi) is 3.23. The van der Waals surface area contributed by atoms with E-state index in [-0.39, 0.29) is 17.8 Å². The van der Waals surface area contributed by atoms with Crippen molar-refractivity contribution in [3.8, 4) is 0 Å². The zero-order valence-electron chi connectivity index (χ0n) is 7.95. The molecule has 0 saturated carbocycles. The molecule has 13 heavy (non-hydrogen) atoms. The van der Waals surface area contributed by atoms with Gasteiger partial charge in [-0.1, -0.05) is 13.8 Å². The average Bonchev–Trinajstić information content (AvgIpc) is 2.09. The van der Waals surface area contributed by atoms with Crippen molar-refractivity contribution >= 4 is 12.3 Å². The predicted molar refractivity (Wildman–Crippen MR) is 47.8 cm³/mol. The van der Waals surface area contributed by atoms with Crippen molar-refractivity contribution in [1.82, 2.24) is 0 Å². The molecule has 0 N–H and O–H groups in total. The highest BCUT2D eigenvalue weighted by Crippen LogP contribution is 2.28. The Morgan fingerprint density at radius 1 is 1.46 bits per heavy atom. The summed E-state index contributed by atoms with van der Waals surface area (Å²) in [7, 11) is 0. The van der Waals surface area contributed by atoms with Crippen LogP contribution in [0.25, 0.3) is 0 Å². The molecule has 1 saturated heterocycles. The number of ether oxygens (including phenoxy) is 1. The van der Waals surface area contributed by atoms with Crippen LogP contribution in [-0.2, 0) is 14.3 Å². The van der Waals surface area contributed by atoms with E-state index in [2.05, 4.69) is 0 Å². The van der Waals surface area contributed by atoms with E-state index in [4.69, 9.17) is 4.74 Å². The minimum absolute atomic E-state index is 0.0246. The summed E-state index contributed by atoms with van der Waals surface area (Å²) in [6, 6.07) is 0. The Morgan fingerprint density at radius 3 is 2.77 bits per heavy atom. The van der Waals surface area contributed by atoms with Crippen molar-refractivity contribution in [1.29, 1.82) is 0 Å². The van der Waals surface area contributed by atoms with Crippen LogP contribution in [-0.4, -0.2) is 12.3 Å². The first kappa shape index (κ1) is 9.96. The molecule has 1 heterocycles. The second-order valence-corrected chi connectivity index (χ2v) is 3.47. The minimum Gasteiger partial charge on any atom is -0.431 e. The summed E-state index contributed by atoms with van der Waals surface area (Å²) in [5.41, 5.74) is 0. The van der Waals surface area contributed by atoms with Gasteiger partial charge in [0, 0.05) is 12.3 Å². The molecule has 0 amide bonds. The number of cyclic esters (lactones) is 1. The lowest BCUT2D eigenvalue weighted by molar-refractivity contribution is -0.148. The highest BCUT2D eigenvalue weighted by Gasteiger charge is 2.28. The predicted octanol–water partition coefficient (Wildman–Crippen LogP) is 1.68. The monoisotopic (exact) mass is 182 g/mol. The van der Waals surface area contributed by atoms with Crippen molar-refractivity contribution in [3.05, 3.63) is 11.8 Å². The first-order chi connectivity index (χ1) is 6.15. The van der Waals surface area contributed by atoms with E-state index in [1.54, 1.807) is 6.08 Å². The van der Waals surface area contributed by atoms with E-state index in [1.165, 1.54) is 0 Å². The number of rotatable bonds is 2. The molecule has 1 rings (SSSR count). The Hall–Kier alpha value is -1.12. The van der Waals surface area contributed by atoms with Crippen molar-refractivity contribution in [2.75, 3.05) is 0 Å². The van der Waals surface area contributed by atoms with Crippen molar-refractivity contribution in [2.45, 2.75) is 26.7 Å². The third kappa shape index (κ3) is 2.41. The van der Waals surface area contributed by atoms with E-state index >= 15 is 0 Å². The van der Waals surface area contributed by atoms with Crippen LogP contribution in [0.1, 0.15) is 26.7 Å².